The van der Waals surface area contributed by atoms with Crippen LogP contribution in [-0.2, 0) is 20.9 Å². The first-order valence-corrected chi connectivity index (χ1v) is 7.81. The van der Waals surface area contributed by atoms with Crippen molar-refractivity contribution < 1.29 is 19.5 Å². The van der Waals surface area contributed by atoms with E-state index >= 15 is 0 Å². The maximum atomic E-state index is 12.2. The molecule has 2 N–H and O–H groups in total. The predicted octanol–water partition coefficient (Wildman–Crippen LogP) is 2.06. The van der Waals surface area contributed by atoms with Gasteiger partial charge in [-0.05, 0) is 24.1 Å². The van der Waals surface area contributed by atoms with Gasteiger partial charge in [0, 0.05) is 31.0 Å². The second-order valence-corrected chi connectivity index (χ2v) is 5.56. The smallest absolute Gasteiger partial charge is 0.323 e. The van der Waals surface area contributed by atoms with E-state index in [1.165, 1.54) is 4.90 Å². The molecule has 1 aromatic rings. The van der Waals surface area contributed by atoms with Gasteiger partial charge >= 0.3 is 5.97 Å². The van der Waals surface area contributed by atoms with Gasteiger partial charge in [0.05, 0.1) is 0 Å². The van der Waals surface area contributed by atoms with Gasteiger partial charge in [0.15, 0.2) is 0 Å². The van der Waals surface area contributed by atoms with Crippen molar-refractivity contribution in [2.24, 2.45) is 0 Å². The minimum absolute atomic E-state index is 0.0174. The second kappa shape index (κ2) is 9.84. The summed E-state index contributed by atoms with van der Waals surface area (Å²) in [5.74, 6) is -1.67. The summed E-state index contributed by atoms with van der Waals surface area (Å²) < 4.78 is 0. The van der Waals surface area contributed by atoms with Crippen LogP contribution in [0.2, 0.25) is 5.02 Å². The Morgan fingerprint density at radius 1 is 1.17 bits per heavy atom. The van der Waals surface area contributed by atoms with E-state index in [1.54, 1.807) is 24.3 Å². The van der Waals surface area contributed by atoms with Gasteiger partial charge in [0.25, 0.3) is 0 Å². The number of hydrogen-bond donors (Lipinski definition) is 2. The van der Waals surface area contributed by atoms with Gasteiger partial charge in [0.2, 0.25) is 11.8 Å². The molecule has 0 atom stereocenters. The van der Waals surface area contributed by atoms with E-state index in [0.717, 1.165) is 12.0 Å². The van der Waals surface area contributed by atoms with E-state index in [4.69, 9.17) is 16.7 Å². The highest BCUT2D eigenvalue weighted by Crippen LogP contribution is 2.12. The lowest BCUT2D eigenvalue weighted by molar-refractivity contribution is -0.145. The van der Waals surface area contributed by atoms with Gasteiger partial charge in [-0.2, -0.15) is 0 Å². The number of amides is 2. The number of nitrogens with one attached hydrogen (secondary N) is 1. The average Bonchev–Trinajstić information content (AvgIpc) is 2.51. The van der Waals surface area contributed by atoms with Crippen molar-refractivity contribution >= 4 is 29.4 Å². The number of carboxylic acids is 1. The molecule has 0 aliphatic rings. The fraction of sp³-hybridized carbons (Fsp3) is 0.438. The summed E-state index contributed by atoms with van der Waals surface area (Å²) in [6.07, 6.45) is 0.855. The van der Waals surface area contributed by atoms with E-state index in [-0.39, 0.29) is 31.2 Å². The monoisotopic (exact) mass is 340 g/mol. The summed E-state index contributed by atoms with van der Waals surface area (Å²) >= 11 is 5.80. The fourth-order valence-corrected chi connectivity index (χ4v) is 2.06. The van der Waals surface area contributed by atoms with Gasteiger partial charge in [-0.3, -0.25) is 14.4 Å². The summed E-state index contributed by atoms with van der Waals surface area (Å²) in [5.41, 5.74) is 0.777. The van der Waals surface area contributed by atoms with Crippen molar-refractivity contribution in [2.75, 3.05) is 13.1 Å². The molecule has 0 radical (unpaired) electrons. The van der Waals surface area contributed by atoms with Crippen LogP contribution in [0.3, 0.4) is 0 Å². The van der Waals surface area contributed by atoms with Crippen molar-refractivity contribution in [2.45, 2.75) is 32.7 Å². The Morgan fingerprint density at radius 3 is 2.39 bits per heavy atom. The number of nitrogens with zero attached hydrogens (tertiary/aromatic N) is 1. The van der Waals surface area contributed by atoms with Gasteiger partial charge in [0.1, 0.15) is 6.54 Å². The quantitative estimate of drug-likeness (QED) is 0.720. The summed E-state index contributed by atoms with van der Waals surface area (Å²) in [5, 5.41) is 12.2. The minimum Gasteiger partial charge on any atom is -0.480 e. The largest absolute Gasteiger partial charge is 0.480 e. The maximum Gasteiger partial charge on any atom is 0.323 e. The molecule has 2 amide bonds. The molecule has 0 spiro atoms. The zero-order chi connectivity index (χ0) is 17.2. The van der Waals surface area contributed by atoms with Gasteiger partial charge < -0.3 is 15.3 Å². The zero-order valence-electron chi connectivity index (χ0n) is 13.0. The Hall–Kier alpha value is -2.08. The van der Waals surface area contributed by atoms with E-state index in [0.29, 0.717) is 11.6 Å². The van der Waals surface area contributed by atoms with Crippen LogP contribution in [0, 0.1) is 0 Å². The lowest BCUT2D eigenvalue weighted by atomic mass is 10.2. The SMILES string of the molecule is CCCNC(=O)CCC(=O)N(CC(=O)O)Cc1ccc(Cl)cc1. The molecule has 1 aromatic carbocycles. The highest BCUT2D eigenvalue weighted by atomic mass is 35.5. The lowest BCUT2D eigenvalue weighted by Gasteiger charge is -2.21. The molecular weight excluding hydrogens is 320 g/mol. The Kier molecular flexibility index (Phi) is 8.11. The third-order valence-corrected chi connectivity index (χ3v) is 3.36. The van der Waals surface area contributed by atoms with Crippen molar-refractivity contribution in [1.29, 1.82) is 0 Å². The van der Waals surface area contributed by atoms with Crippen molar-refractivity contribution in [3.63, 3.8) is 0 Å². The molecule has 0 saturated heterocycles. The molecular formula is C16H21ClN2O4. The summed E-state index contributed by atoms with van der Waals surface area (Å²) in [6.45, 7) is 2.26. The molecule has 6 nitrogen and oxygen atoms in total. The first-order chi connectivity index (χ1) is 10.9. The van der Waals surface area contributed by atoms with Crippen molar-refractivity contribution in [1.82, 2.24) is 10.2 Å². The lowest BCUT2D eigenvalue weighted by Crippen LogP contribution is -2.36. The van der Waals surface area contributed by atoms with Gasteiger partial charge in [-0.25, -0.2) is 0 Å². The van der Waals surface area contributed by atoms with Crippen LogP contribution < -0.4 is 5.32 Å². The number of aliphatic carboxylic acids is 1. The number of rotatable bonds is 9. The number of benzene rings is 1. The topological polar surface area (TPSA) is 86.7 Å². The van der Waals surface area contributed by atoms with E-state index in [9.17, 15) is 14.4 Å². The number of carbonyl (C=O) groups excluding carboxylic acids is 2. The molecule has 1 rings (SSSR count). The summed E-state index contributed by atoms with van der Waals surface area (Å²) in [6, 6.07) is 6.83. The molecule has 126 valence electrons. The van der Waals surface area contributed by atoms with Crippen molar-refractivity contribution in [3.8, 4) is 0 Å². The van der Waals surface area contributed by atoms with E-state index in [1.807, 2.05) is 6.92 Å². The first-order valence-electron chi connectivity index (χ1n) is 7.43. The van der Waals surface area contributed by atoms with Crippen LogP contribution in [0.25, 0.3) is 0 Å². The Bertz CT molecular complexity index is 546. The van der Waals surface area contributed by atoms with E-state index in [2.05, 4.69) is 5.32 Å². The van der Waals surface area contributed by atoms with Crippen LogP contribution in [0.15, 0.2) is 24.3 Å². The first kappa shape index (κ1) is 19.0. The van der Waals surface area contributed by atoms with Crippen molar-refractivity contribution in [3.05, 3.63) is 34.9 Å². The van der Waals surface area contributed by atoms with Crippen LogP contribution in [0.1, 0.15) is 31.7 Å². The molecule has 0 heterocycles. The number of hydrogen-bond acceptors (Lipinski definition) is 3. The third kappa shape index (κ3) is 7.65. The maximum absolute atomic E-state index is 12.2. The minimum atomic E-state index is -1.09. The fourth-order valence-electron chi connectivity index (χ4n) is 1.94. The number of halogens is 1. The van der Waals surface area contributed by atoms with Gasteiger partial charge in [-0.15, -0.1) is 0 Å². The predicted molar refractivity (Wildman–Crippen MR) is 87.0 cm³/mol. The van der Waals surface area contributed by atoms with Crippen LogP contribution in [-0.4, -0.2) is 40.9 Å². The normalized spacial score (nSPS) is 10.2. The third-order valence-electron chi connectivity index (χ3n) is 3.10. The molecule has 0 aromatic heterocycles. The highest BCUT2D eigenvalue weighted by Gasteiger charge is 2.18. The van der Waals surface area contributed by atoms with Gasteiger partial charge in [-0.1, -0.05) is 30.7 Å². The molecule has 0 aliphatic heterocycles. The Labute approximate surface area is 140 Å². The number of carbonyl (C=O) groups is 3. The molecule has 0 unspecified atom stereocenters. The Morgan fingerprint density at radius 2 is 1.83 bits per heavy atom. The highest BCUT2D eigenvalue weighted by molar-refractivity contribution is 6.30. The molecule has 0 fully saturated rings. The van der Waals surface area contributed by atoms with E-state index < -0.39 is 12.5 Å². The zero-order valence-corrected chi connectivity index (χ0v) is 13.8. The Balaban J connectivity index is 2.61. The van der Waals surface area contributed by atoms with Crippen LogP contribution in [0.5, 0.6) is 0 Å². The molecule has 0 bridgehead atoms. The molecule has 0 aliphatic carbocycles. The van der Waals surface area contributed by atoms with Crippen LogP contribution >= 0.6 is 11.6 Å². The molecule has 0 saturated carbocycles. The summed E-state index contributed by atoms with van der Waals surface area (Å²) in [7, 11) is 0. The number of carboxylic acid groups (broad SMARTS) is 1. The summed E-state index contributed by atoms with van der Waals surface area (Å²) in [4.78, 5) is 35.9. The standard InChI is InChI=1S/C16H21ClN2O4/c1-2-9-18-14(20)7-8-15(21)19(11-16(22)23)10-12-3-5-13(17)6-4-12/h3-6H,2,7-11H2,1H3,(H,18,20)(H,22,23). The van der Waals surface area contributed by atoms with Crippen LogP contribution in [0.4, 0.5) is 0 Å². The average molecular weight is 341 g/mol. The second-order valence-electron chi connectivity index (χ2n) is 5.12. The molecule has 23 heavy (non-hydrogen) atoms. The molecule has 7 heteroatoms.